The SMILES string of the molecule is N#CC(NC(=O)c1cccc(NS(=O)(=O)c2ccccc2)c1)c1cccc(Cl)c1Cl. The Labute approximate surface area is 184 Å². The van der Waals surface area contributed by atoms with E-state index in [2.05, 4.69) is 10.0 Å². The molecular formula is C21H15Cl2N3O3S. The second-order valence-corrected chi connectivity index (χ2v) is 8.65. The third kappa shape index (κ3) is 4.92. The number of anilines is 1. The summed E-state index contributed by atoms with van der Waals surface area (Å²) in [4.78, 5) is 12.8. The van der Waals surface area contributed by atoms with Gasteiger partial charge in [-0.3, -0.25) is 9.52 Å². The minimum atomic E-state index is -3.80. The lowest BCUT2D eigenvalue weighted by atomic mass is 10.1. The van der Waals surface area contributed by atoms with Crippen molar-refractivity contribution in [3.63, 3.8) is 0 Å². The highest BCUT2D eigenvalue weighted by Gasteiger charge is 2.20. The van der Waals surface area contributed by atoms with Crippen LogP contribution in [-0.2, 0) is 10.0 Å². The van der Waals surface area contributed by atoms with E-state index in [4.69, 9.17) is 23.2 Å². The van der Waals surface area contributed by atoms with Crippen LogP contribution in [0.2, 0.25) is 10.0 Å². The Morgan fingerprint density at radius 3 is 2.37 bits per heavy atom. The van der Waals surface area contributed by atoms with Crippen LogP contribution in [0, 0.1) is 11.3 Å². The van der Waals surface area contributed by atoms with Crippen LogP contribution in [0.25, 0.3) is 0 Å². The summed E-state index contributed by atoms with van der Waals surface area (Å²) >= 11 is 12.1. The first-order chi connectivity index (χ1) is 14.3. The van der Waals surface area contributed by atoms with Gasteiger partial charge in [-0.2, -0.15) is 5.26 Å². The molecule has 0 fully saturated rings. The Morgan fingerprint density at radius 1 is 0.967 bits per heavy atom. The fraction of sp³-hybridized carbons (Fsp3) is 0.0476. The third-order valence-corrected chi connectivity index (χ3v) is 6.36. The minimum Gasteiger partial charge on any atom is -0.332 e. The van der Waals surface area contributed by atoms with Gasteiger partial charge >= 0.3 is 0 Å². The second-order valence-electron chi connectivity index (χ2n) is 6.18. The number of halogens is 2. The average Bonchev–Trinajstić information content (AvgIpc) is 2.74. The largest absolute Gasteiger partial charge is 0.332 e. The van der Waals surface area contributed by atoms with E-state index in [1.54, 1.807) is 36.4 Å². The lowest BCUT2D eigenvalue weighted by molar-refractivity contribution is 0.0945. The zero-order chi connectivity index (χ0) is 21.7. The van der Waals surface area contributed by atoms with Gasteiger partial charge < -0.3 is 5.32 Å². The summed E-state index contributed by atoms with van der Waals surface area (Å²) in [5, 5.41) is 12.5. The molecule has 152 valence electrons. The van der Waals surface area contributed by atoms with Gasteiger partial charge in [-0.15, -0.1) is 0 Å². The molecule has 2 N–H and O–H groups in total. The molecule has 0 heterocycles. The van der Waals surface area contributed by atoms with E-state index in [9.17, 15) is 18.5 Å². The average molecular weight is 460 g/mol. The van der Waals surface area contributed by atoms with E-state index >= 15 is 0 Å². The zero-order valence-corrected chi connectivity index (χ0v) is 17.7. The van der Waals surface area contributed by atoms with Gasteiger partial charge in [0.05, 0.1) is 21.0 Å². The van der Waals surface area contributed by atoms with E-state index in [0.29, 0.717) is 5.56 Å². The van der Waals surface area contributed by atoms with Crippen LogP contribution in [0.3, 0.4) is 0 Å². The molecule has 1 unspecified atom stereocenters. The smallest absolute Gasteiger partial charge is 0.261 e. The molecule has 6 nitrogen and oxygen atoms in total. The van der Waals surface area contributed by atoms with Crippen molar-refractivity contribution in [2.24, 2.45) is 0 Å². The Balaban J connectivity index is 1.81. The van der Waals surface area contributed by atoms with Crippen molar-refractivity contribution in [1.29, 1.82) is 5.26 Å². The molecule has 3 aromatic carbocycles. The predicted octanol–water partition coefficient (Wildman–Crippen LogP) is 4.79. The Bertz CT molecular complexity index is 1230. The number of carbonyl (C=O) groups is 1. The number of hydrogen-bond donors (Lipinski definition) is 2. The number of nitrogens with zero attached hydrogens (tertiary/aromatic N) is 1. The van der Waals surface area contributed by atoms with Crippen LogP contribution in [0.15, 0.2) is 77.7 Å². The van der Waals surface area contributed by atoms with Crippen molar-refractivity contribution in [1.82, 2.24) is 5.32 Å². The molecule has 0 aliphatic rings. The summed E-state index contributed by atoms with van der Waals surface area (Å²) < 4.78 is 27.4. The van der Waals surface area contributed by atoms with Crippen molar-refractivity contribution >= 4 is 44.8 Å². The maximum Gasteiger partial charge on any atom is 0.261 e. The van der Waals surface area contributed by atoms with Gasteiger partial charge in [-0.05, 0) is 36.4 Å². The van der Waals surface area contributed by atoms with Crippen LogP contribution in [-0.4, -0.2) is 14.3 Å². The van der Waals surface area contributed by atoms with Gasteiger partial charge in [0.2, 0.25) is 0 Å². The number of benzene rings is 3. The van der Waals surface area contributed by atoms with Crippen molar-refractivity contribution < 1.29 is 13.2 Å². The van der Waals surface area contributed by atoms with Crippen LogP contribution < -0.4 is 10.0 Å². The summed E-state index contributed by atoms with van der Waals surface area (Å²) in [7, 11) is -3.80. The minimum absolute atomic E-state index is 0.0972. The number of nitriles is 1. The number of rotatable bonds is 6. The monoisotopic (exact) mass is 459 g/mol. The Morgan fingerprint density at radius 2 is 1.67 bits per heavy atom. The molecule has 0 saturated carbocycles. The quantitative estimate of drug-likeness (QED) is 0.553. The topological polar surface area (TPSA) is 99.1 Å². The highest BCUT2D eigenvalue weighted by atomic mass is 35.5. The molecule has 30 heavy (non-hydrogen) atoms. The van der Waals surface area contributed by atoms with Crippen LogP contribution in [0.5, 0.6) is 0 Å². The van der Waals surface area contributed by atoms with Crippen molar-refractivity contribution in [2.45, 2.75) is 10.9 Å². The molecule has 1 amide bonds. The lowest BCUT2D eigenvalue weighted by Crippen LogP contribution is -2.28. The molecule has 0 saturated heterocycles. The van der Waals surface area contributed by atoms with E-state index in [1.165, 1.54) is 36.4 Å². The third-order valence-electron chi connectivity index (χ3n) is 4.13. The summed E-state index contributed by atoms with van der Waals surface area (Å²) in [5.41, 5.74) is 0.739. The van der Waals surface area contributed by atoms with E-state index in [1.807, 2.05) is 6.07 Å². The zero-order valence-electron chi connectivity index (χ0n) is 15.3. The molecule has 0 aromatic heterocycles. The Kier molecular flexibility index (Phi) is 6.63. The highest BCUT2D eigenvalue weighted by molar-refractivity contribution is 7.92. The van der Waals surface area contributed by atoms with Crippen LogP contribution >= 0.6 is 23.2 Å². The number of hydrogen-bond acceptors (Lipinski definition) is 4. The standard InChI is InChI=1S/C21H15Cl2N3O3S/c22-18-11-5-10-17(20(18)23)19(13-24)25-21(27)14-6-4-7-15(12-14)26-30(28,29)16-8-2-1-3-9-16/h1-12,19,26H,(H,25,27). The van der Waals surface area contributed by atoms with Crippen LogP contribution in [0.4, 0.5) is 5.69 Å². The van der Waals surface area contributed by atoms with Crippen LogP contribution in [0.1, 0.15) is 22.0 Å². The normalized spacial score (nSPS) is 11.9. The maximum absolute atomic E-state index is 12.7. The van der Waals surface area contributed by atoms with Gasteiger partial charge in [0, 0.05) is 16.8 Å². The number of amides is 1. The van der Waals surface area contributed by atoms with Crippen molar-refractivity contribution in [2.75, 3.05) is 4.72 Å². The molecule has 3 rings (SSSR count). The summed E-state index contributed by atoms with van der Waals surface area (Å²) in [6.07, 6.45) is 0. The first-order valence-corrected chi connectivity index (χ1v) is 10.9. The second kappa shape index (κ2) is 9.18. The van der Waals surface area contributed by atoms with Gasteiger partial charge in [0.15, 0.2) is 0 Å². The summed E-state index contributed by atoms with van der Waals surface area (Å²) in [6, 6.07) is 19.5. The van der Waals surface area contributed by atoms with E-state index in [-0.39, 0.29) is 26.2 Å². The fourth-order valence-corrected chi connectivity index (χ4v) is 4.16. The summed E-state index contributed by atoms with van der Waals surface area (Å²) in [6.45, 7) is 0. The molecule has 0 aliphatic carbocycles. The first kappa shape index (κ1) is 21.7. The lowest BCUT2D eigenvalue weighted by Gasteiger charge is -2.15. The summed E-state index contributed by atoms with van der Waals surface area (Å²) in [5.74, 6) is -0.571. The number of sulfonamides is 1. The molecule has 9 heteroatoms. The van der Waals surface area contributed by atoms with Gasteiger partial charge in [0.25, 0.3) is 15.9 Å². The van der Waals surface area contributed by atoms with E-state index < -0.39 is 22.0 Å². The van der Waals surface area contributed by atoms with Gasteiger partial charge in [-0.1, -0.05) is 59.6 Å². The molecule has 3 aromatic rings. The first-order valence-electron chi connectivity index (χ1n) is 8.64. The predicted molar refractivity (Wildman–Crippen MR) is 116 cm³/mol. The fourth-order valence-electron chi connectivity index (χ4n) is 2.68. The number of carbonyl (C=O) groups excluding carboxylic acids is 1. The molecule has 0 radical (unpaired) electrons. The van der Waals surface area contributed by atoms with Crippen molar-refractivity contribution in [3.05, 3.63) is 94.0 Å². The molecule has 0 spiro atoms. The molecule has 0 aliphatic heterocycles. The van der Waals surface area contributed by atoms with Gasteiger partial charge in [-0.25, -0.2) is 8.42 Å². The van der Waals surface area contributed by atoms with Crippen molar-refractivity contribution in [3.8, 4) is 6.07 Å². The maximum atomic E-state index is 12.7. The molecular weight excluding hydrogens is 445 g/mol. The van der Waals surface area contributed by atoms with E-state index in [0.717, 1.165) is 0 Å². The molecule has 0 bridgehead atoms. The number of nitrogens with one attached hydrogen (secondary N) is 2. The molecule has 1 atom stereocenters. The Hall–Kier alpha value is -3.05. The highest BCUT2D eigenvalue weighted by Crippen LogP contribution is 2.30. The van der Waals surface area contributed by atoms with Gasteiger partial charge in [0.1, 0.15) is 6.04 Å².